The minimum Gasteiger partial charge on any atom is -0.354 e. The van der Waals surface area contributed by atoms with Gasteiger partial charge in [0.2, 0.25) is 5.95 Å². The van der Waals surface area contributed by atoms with Crippen molar-refractivity contribution in [2.75, 3.05) is 11.9 Å². The van der Waals surface area contributed by atoms with E-state index in [-0.39, 0.29) is 5.69 Å². The topological polar surface area (TPSA) is 81.0 Å². The van der Waals surface area contributed by atoms with Crippen molar-refractivity contribution in [3.63, 3.8) is 0 Å². The van der Waals surface area contributed by atoms with Gasteiger partial charge in [-0.1, -0.05) is 32.1 Å². The van der Waals surface area contributed by atoms with Crippen LogP contribution in [-0.2, 0) is 0 Å². The smallest absolute Gasteiger partial charge is 0.305 e. The number of nitrogens with zero attached hydrogens (tertiary/aromatic N) is 3. The predicted octanol–water partition coefficient (Wildman–Crippen LogP) is 2.77. The molecule has 0 amide bonds. The summed E-state index contributed by atoms with van der Waals surface area (Å²) in [4.78, 5) is 17.8. The number of aromatic nitrogens is 2. The highest BCUT2D eigenvalue weighted by Crippen LogP contribution is 2.25. The molecule has 1 aromatic rings. The lowest BCUT2D eigenvalue weighted by Crippen LogP contribution is -2.13. The first kappa shape index (κ1) is 12.7. The van der Waals surface area contributed by atoms with Crippen molar-refractivity contribution < 1.29 is 4.92 Å². The van der Waals surface area contributed by atoms with E-state index < -0.39 is 4.92 Å². The summed E-state index contributed by atoms with van der Waals surface area (Å²) >= 11 is 0. The zero-order valence-corrected chi connectivity index (χ0v) is 10.3. The molecule has 0 atom stereocenters. The molecule has 1 heterocycles. The number of nitrogens with one attached hydrogen (secondary N) is 1. The van der Waals surface area contributed by atoms with E-state index in [0.29, 0.717) is 5.95 Å². The van der Waals surface area contributed by atoms with Crippen LogP contribution in [0.5, 0.6) is 0 Å². The van der Waals surface area contributed by atoms with E-state index in [1.54, 1.807) is 0 Å². The molecule has 2 rings (SSSR count). The molecular weight excluding hydrogens is 232 g/mol. The standard InChI is InChI=1S/C12H18N4O2/c17-16(18)11-8-14-12(15-9-11)13-7-6-10-4-2-1-3-5-10/h8-10H,1-7H2,(H,13,14,15). The summed E-state index contributed by atoms with van der Waals surface area (Å²) in [6.45, 7) is 0.836. The normalized spacial score (nSPS) is 16.4. The van der Waals surface area contributed by atoms with Gasteiger partial charge in [-0.2, -0.15) is 0 Å². The van der Waals surface area contributed by atoms with Gasteiger partial charge in [-0.05, 0) is 12.3 Å². The Kier molecular flexibility index (Phi) is 4.44. The summed E-state index contributed by atoms with van der Waals surface area (Å²) in [5, 5.41) is 13.6. The van der Waals surface area contributed by atoms with Crippen LogP contribution in [0.25, 0.3) is 0 Å². The molecule has 1 aromatic heterocycles. The largest absolute Gasteiger partial charge is 0.354 e. The maximum atomic E-state index is 10.4. The van der Waals surface area contributed by atoms with Gasteiger partial charge in [0, 0.05) is 6.54 Å². The third kappa shape index (κ3) is 3.65. The fourth-order valence-electron chi connectivity index (χ4n) is 2.37. The van der Waals surface area contributed by atoms with Gasteiger partial charge in [0.15, 0.2) is 0 Å². The summed E-state index contributed by atoms with van der Waals surface area (Å²) < 4.78 is 0. The molecule has 0 bridgehead atoms. The molecule has 0 saturated heterocycles. The highest BCUT2D eigenvalue weighted by atomic mass is 16.6. The lowest BCUT2D eigenvalue weighted by Gasteiger charge is -2.21. The first-order valence-electron chi connectivity index (χ1n) is 6.46. The summed E-state index contributed by atoms with van der Waals surface area (Å²) in [5.41, 5.74) is -0.0761. The van der Waals surface area contributed by atoms with Crippen LogP contribution in [0.1, 0.15) is 38.5 Å². The van der Waals surface area contributed by atoms with Crippen LogP contribution in [0.4, 0.5) is 11.6 Å². The Hall–Kier alpha value is -1.72. The van der Waals surface area contributed by atoms with Crippen LogP contribution >= 0.6 is 0 Å². The fraction of sp³-hybridized carbons (Fsp3) is 0.667. The Labute approximate surface area is 106 Å². The average Bonchev–Trinajstić information content (AvgIpc) is 2.40. The summed E-state index contributed by atoms with van der Waals surface area (Å²) in [6, 6.07) is 0. The Morgan fingerprint density at radius 3 is 2.56 bits per heavy atom. The number of rotatable bonds is 5. The van der Waals surface area contributed by atoms with Gasteiger partial charge in [0.1, 0.15) is 12.4 Å². The Morgan fingerprint density at radius 2 is 1.94 bits per heavy atom. The first-order valence-corrected chi connectivity index (χ1v) is 6.46. The summed E-state index contributed by atoms with van der Waals surface area (Å²) in [5.74, 6) is 1.28. The summed E-state index contributed by atoms with van der Waals surface area (Å²) in [6.07, 6.45) is 10.3. The van der Waals surface area contributed by atoms with Crippen molar-refractivity contribution in [3.8, 4) is 0 Å². The summed E-state index contributed by atoms with van der Waals surface area (Å²) in [7, 11) is 0. The van der Waals surface area contributed by atoms with Gasteiger partial charge in [0.05, 0.1) is 4.92 Å². The van der Waals surface area contributed by atoms with Gasteiger partial charge in [-0.3, -0.25) is 10.1 Å². The molecule has 6 nitrogen and oxygen atoms in total. The first-order chi connectivity index (χ1) is 8.75. The molecule has 0 aromatic carbocycles. The number of hydrogen-bond donors (Lipinski definition) is 1. The van der Waals surface area contributed by atoms with Crippen molar-refractivity contribution in [1.29, 1.82) is 0 Å². The highest BCUT2D eigenvalue weighted by Gasteiger charge is 2.13. The van der Waals surface area contributed by atoms with Gasteiger partial charge >= 0.3 is 5.69 Å². The van der Waals surface area contributed by atoms with Crippen molar-refractivity contribution in [2.45, 2.75) is 38.5 Å². The second kappa shape index (κ2) is 6.28. The maximum Gasteiger partial charge on any atom is 0.305 e. The zero-order chi connectivity index (χ0) is 12.8. The molecular formula is C12H18N4O2. The molecule has 0 radical (unpaired) electrons. The number of nitro groups is 1. The van der Waals surface area contributed by atoms with E-state index in [1.807, 2.05) is 0 Å². The molecule has 6 heteroatoms. The third-order valence-electron chi connectivity index (χ3n) is 3.41. The van der Waals surface area contributed by atoms with Gasteiger partial charge in [0.25, 0.3) is 0 Å². The highest BCUT2D eigenvalue weighted by molar-refractivity contribution is 5.30. The minimum absolute atomic E-state index is 0.0761. The predicted molar refractivity (Wildman–Crippen MR) is 68.4 cm³/mol. The Morgan fingerprint density at radius 1 is 1.28 bits per heavy atom. The minimum atomic E-state index is -0.494. The molecule has 1 N–H and O–H groups in total. The second-order valence-electron chi connectivity index (χ2n) is 4.74. The number of hydrogen-bond acceptors (Lipinski definition) is 5. The average molecular weight is 250 g/mol. The third-order valence-corrected chi connectivity index (χ3v) is 3.41. The number of anilines is 1. The zero-order valence-electron chi connectivity index (χ0n) is 10.3. The van der Waals surface area contributed by atoms with Crippen molar-refractivity contribution in [1.82, 2.24) is 9.97 Å². The second-order valence-corrected chi connectivity index (χ2v) is 4.74. The van der Waals surface area contributed by atoms with E-state index in [9.17, 15) is 10.1 Å². The van der Waals surface area contributed by atoms with Crippen LogP contribution in [0, 0.1) is 16.0 Å². The quantitative estimate of drug-likeness (QED) is 0.642. The molecule has 1 aliphatic carbocycles. The van der Waals surface area contributed by atoms with Crippen LogP contribution in [0.3, 0.4) is 0 Å². The molecule has 1 fully saturated rings. The van der Waals surface area contributed by atoms with Crippen LogP contribution in [-0.4, -0.2) is 21.4 Å². The van der Waals surface area contributed by atoms with Crippen molar-refractivity contribution >= 4 is 11.6 Å². The molecule has 98 valence electrons. The van der Waals surface area contributed by atoms with E-state index in [0.717, 1.165) is 18.9 Å². The fourth-order valence-corrected chi connectivity index (χ4v) is 2.37. The van der Waals surface area contributed by atoms with E-state index >= 15 is 0 Å². The van der Waals surface area contributed by atoms with Gasteiger partial charge in [-0.15, -0.1) is 0 Å². The van der Waals surface area contributed by atoms with Crippen LogP contribution in [0.15, 0.2) is 12.4 Å². The Bertz CT molecular complexity index is 388. The molecule has 1 saturated carbocycles. The molecule has 1 aliphatic rings. The van der Waals surface area contributed by atoms with E-state index in [1.165, 1.54) is 44.5 Å². The van der Waals surface area contributed by atoms with Gasteiger partial charge < -0.3 is 5.32 Å². The van der Waals surface area contributed by atoms with Crippen LogP contribution < -0.4 is 5.32 Å². The van der Waals surface area contributed by atoms with Gasteiger partial charge in [-0.25, -0.2) is 9.97 Å². The molecule has 18 heavy (non-hydrogen) atoms. The lowest BCUT2D eigenvalue weighted by molar-refractivity contribution is -0.385. The maximum absolute atomic E-state index is 10.4. The van der Waals surface area contributed by atoms with Crippen molar-refractivity contribution in [3.05, 3.63) is 22.5 Å². The molecule has 0 spiro atoms. The monoisotopic (exact) mass is 250 g/mol. The molecule has 0 aliphatic heterocycles. The van der Waals surface area contributed by atoms with Crippen LogP contribution in [0.2, 0.25) is 0 Å². The Balaban J connectivity index is 1.74. The lowest BCUT2D eigenvalue weighted by atomic mass is 9.87. The van der Waals surface area contributed by atoms with E-state index in [4.69, 9.17) is 0 Å². The van der Waals surface area contributed by atoms with E-state index in [2.05, 4.69) is 15.3 Å². The SMILES string of the molecule is O=[N+]([O-])c1cnc(NCCC2CCCCC2)nc1. The van der Waals surface area contributed by atoms with Crippen molar-refractivity contribution in [2.24, 2.45) is 5.92 Å². The molecule has 0 unspecified atom stereocenters.